The maximum absolute atomic E-state index is 12.7. The number of amides is 2. The fourth-order valence-electron chi connectivity index (χ4n) is 6.70. The van der Waals surface area contributed by atoms with Crippen LogP contribution in [0.5, 0.6) is 0 Å². The van der Waals surface area contributed by atoms with Crippen LogP contribution < -0.4 is 26.6 Å². The summed E-state index contributed by atoms with van der Waals surface area (Å²) in [6, 6.07) is 24.8. The molecule has 0 spiro atoms. The van der Waals surface area contributed by atoms with Gasteiger partial charge in [-0.15, -0.1) is 0 Å². The van der Waals surface area contributed by atoms with Gasteiger partial charge in [0.05, 0.1) is 30.7 Å². The van der Waals surface area contributed by atoms with Crippen molar-refractivity contribution in [2.45, 2.75) is 61.8 Å². The van der Waals surface area contributed by atoms with Gasteiger partial charge in [-0.1, -0.05) is 66.7 Å². The van der Waals surface area contributed by atoms with Gasteiger partial charge in [0.2, 0.25) is 5.95 Å². The minimum absolute atomic E-state index is 0.0396. The Morgan fingerprint density at radius 1 is 0.927 bits per heavy atom. The van der Waals surface area contributed by atoms with E-state index >= 15 is 0 Å². The van der Waals surface area contributed by atoms with E-state index in [2.05, 4.69) is 45.2 Å². The summed E-state index contributed by atoms with van der Waals surface area (Å²) in [5, 5.41) is 38.0. The number of anilines is 2. The van der Waals surface area contributed by atoms with Gasteiger partial charge >= 0.3 is 18.2 Å². The van der Waals surface area contributed by atoms with E-state index < -0.39 is 36.4 Å². The van der Waals surface area contributed by atoms with Crippen LogP contribution in [-0.4, -0.2) is 102 Å². The van der Waals surface area contributed by atoms with E-state index in [0.29, 0.717) is 62.0 Å². The molecule has 0 unspecified atom stereocenters. The van der Waals surface area contributed by atoms with Crippen LogP contribution in [0.3, 0.4) is 0 Å². The Balaban J connectivity index is 0.000000672. The summed E-state index contributed by atoms with van der Waals surface area (Å²) in [6.07, 6.45) is -2.76. The van der Waals surface area contributed by atoms with Crippen LogP contribution in [0.2, 0.25) is 0 Å². The van der Waals surface area contributed by atoms with Crippen LogP contribution in [0.25, 0.3) is 11.2 Å². The van der Waals surface area contributed by atoms with Crippen molar-refractivity contribution in [3.05, 3.63) is 108 Å². The van der Waals surface area contributed by atoms with E-state index in [4.69, 9.17) is 30.6 Å². The second kappa shape index (κ2) is 17.1. The molecule has 290 valence electrons. The van der Waals surface area contributed by atoms with Crippen molar-refractivity contribution in [2.75, 3.05) is 29.9 Å². The Morgan fingerprint density at radius 3 is 2.16 bits per heavy atom. The minimum atomic E-state index is -5.08. The number of hydrogen-bond donors (Lipinski definition) is 7. The van der Waals surface area contributed by atoms with Crippen LogP contribution in [0, 0.1) is 0 Å². The number of carboxylic acids is 1. The Kier molecular flexibility index (Phi) is 12.1. The van der Waals surface area contributed by atoms with Crippen LogP contribution in [-0.2, 0) is 11.3 Å². The van der Waals surface area contributed by atoms with E-state index in [1.54, 1.807) is 17.1 Å². The first-order chi connectivity index (χ1) is 26.4. The lowest BCUT2D eigenvalue weighted by atomic mass is 9.91. The number of carbonyl (C=O) groups is 2. The predicted octanol–water partition coefficient (Wildman–Crippen LogP) is 3.17. The molecule has 1 saturated heterocycles. The molecule has 2 aliphatic rings. The second-order valence-corrected chi connectivity index (χ2v) is 13.3. The number of halogens is 3. The van der Waals surface area contributed by atoms with Gasteiger partial charge in [0.25, 0.3) is 0 Å². The summed E-state index contributed by atoms with van der Waals surface area (Å²) in [5.41, 5.74) is 10.3. The molecule has 15 nitrogen and oxygen atoms in total. The summed E-state index contributed by atoms with van der Waals surface area (Å²) in [7, 11) is 0. The average Bonchev–Trinajstić information content (AvgIpc) is 3.90. The van der Waals surface area contributed by atoms with Crippen molar-refractivity contribution < 1.29 is 38.1 Å². The van der Waals surface area contributed by atoms with Gasteiger partial charge in [-0.2, -0.15) is 23.1 Å². The molecule has 0 bridgehead atoms. The summed E-state index contributed by atoms with van der Waals surface area (Å²) in [6.45, 7) is 2.03. The largest absolute Gasteiger partial charge is 0.490 e. The number of rotatable bonds is 10. The molecule has 1 aliphatic carbocycles. The van der Waals surface area contributed by atoms with Gasteiger partial charge < -0.3 is 46.5 Å². The molecule has 8 N–H and O–H groups in total. The van der Waals surface area contributed by atoms with Crippen LogP contribution >= 0.6 is 0 Å². The van der Waals surface area contributed by atoms with Gasteiger partial charge in [0, 0.05) is 43.8 Å². The quantitative estimate of drug-likeness (QED) is 0.109. The number of aromatic nitrogens is 5. The van der Waals surface area contributed by atoms with E-state index in [9.17, 15) is 28.2 Å². The highest BCUT2D eigenvalue weighted by molar-refractivity contribution is 5.84. The number of urea groups is 1. The SMILES string of the molecule is N[C@H]1C[C@@H](n2cnc3c(NCC(c4ccccc4)c4ccccc4)nc(N4CC[C@@H](NC(=O)NCc5ccccn5)C4)nc32)[C@H](O)[C@@H]1O.O=C(O)C(F)(F)F. The number of carboxylic acid groups (broad SMARTS) is 1. The zero-order valence-electron chi connectivity index (χ0n) is 29.4. The lowest BCUT2D eigenvalue weighted by molar-refractivity contribution is -0.192. The van der Waals surface area contributed by atoms with Gasteiger partial charge in [-0.25, -0.2) is 14.6 Å². The number of pyridine rings is 1. The van der Waals surface area contributed by atoms with Crippen LogP contribution in [0.1, 0.15) is 41.6 Å². The first-order valence-electron chi connectivity index (χ1n) is 17.6. The zero-order chi connectivity index (χ0) is 39.1. The number of carbonyl (C=O) groups excluding carboxylic acids is 1. The van der Waals surface area contributed by atoms with Crippen molar-refractivity contribution in [1.29, 1.82) is 0 Å². The maximum Gasteiger partial charge on any atom is 0.490 e. The van der Waals surface area contributed by atoms with Gasteiger partial charge in [-0.3, -0.25) is 4.98 Å². The number of hydrogen-bond acceptors (Lipinski definition) is 11. The smallest absolute Gasteiger partial charge is 0.475 e. The highest BCUT2D eigenvalue weighted by atomic mass is 19.4. The molecule has 1 saturated carbocycles. The Bertz CT molecular complexity index is 2000. The third-order valence-electron chi connectivity index (χ3n) is 9.55. The second-order valence-electron chi connectivity index (χ2n) is 13.3. The van der Waals surface area contributed by atoms with Gasteiger partial charge in [0.15, 0.2) is 17.0 Å². The maximum atomic E-state index is 12.7. The Labute approximate surface area is 313 Å². The molecule has 2 aromatic carbocycles. The number of imidazole rings is 1. The van der Waals surface area contributed by atoms with Crippen molar-refractivity contribution in [3.8, 4) is 0 Å². The summed E-state index contributed by atoms with van der Waals surface area (Å²) >= 11 is 0. The van der Waals surface area contributed by atoms with Crippen molar-refractivity contribution in [2.24, 2.45) is 5.73 Å². The highest BCUT2D eigenvalue weighted by Gasteiger charge is 2.42. The standard InChI is InChI=1S/C35H40N10O3.C2HF3O2/c36-27-17-28(31(47)30(27)46)45-21-40-29-32(38-19-26(22-9-3-1-4-10-22)23-11-5-2-6-12-23)42-34(43-33(29)45)44-16-14-25(20-44)41-35(48)39-18-24-13-7-8-15-37-24;3-2(4,5)1(6)7/h1-13,15,21,25-28,30-31,46-47H,14,16-20,36H2,(H,38,42,43)(H2,39,41,48);(H,6,7)/t25-,27+,28-,30-,31+;/m1./s1. The normalized spacial score (nSPS) is 20.9. The monoisotopic (exact) mass is 762 g/mol. The Morgan fingerprint density at radius 2 is 1.58 bits per heavy atom. The molecule has 0 radical (unpaired) electrons. The number of aliphatic hydroxyl groups excluding tert-OH is 2. The number of fused-ring (bicyclic) bond motifs is 1. The number of nitrogens with two attached hydrogens (primary N) is 1. The van der Waals surface area contributed by atoms with E-state index in [0.717, 1.165) is 5.69 Å². The van der Waals surface area contributed by atoms with Gasteiger partial charge in [-0.05, 0) is 36.1 Å². The van der Waals surface area contributed by atoms with Gasteiger partial charge in [0.1, 0.15) is 6.10 Å². The van der Waals surface area contributed by atoms with E-state index in [-0.39, 0.29) is 18.0 Å². The summed E-state index contributed by atoms with van der Waals surface area (Å²) < 4.78 is 33.5. The zero-order valence-corrected chi connectivity index (χ0v) is 29.4. The fraction of sp³-hybridized carbons (Fsp3) is 0.351. The molecule has 5 aromatic rings. The highest BCUT2D eigenvalue weighted by Crippen LogP contribution is 2.35. The molecular formula is C37H41F3N10O5. The number of benzene rings is 2. The fourth-order valence-corrected chi connectivity index (χ4v) is 6.70. The summed E-state index contributed by atoms with van der Waals surface area (Å²) in [4.78, 5) is 42.5. The molecule has 4 heterocycles. The lowest BCUT2D eigenvalue weighted by Gasteiger charge is -2.22. The molecule has 2 fully saturated rings. The van der Waals surface area contributed by atoms with E-state index in [1.165, 1.54) is 11.1 Å². The topological polar surface area (TPSA) is 217 Å². The molecule has 55 heavy (non-hydrogen) atoms. The van der Waals surface area contributed by atoms with Crippen molar-refractivity contribution in [1.82, 2.24) is 35.1 Å². The third-order valence-corrected chi connectivity index (χ3v) is 9.55. The number of alkyl halides is 3. The average molecular weight is 763 g/mol. The minimum Gasteiger partial charge on any atom is -0.475 e. The van der Waals surface area contributed by atoms with Crippen molar-refractivity contribution >= 4 is 34.9 Å². The third kappa shape index (κ3) is 9.45. The summed E-state index contributed by atoms with van der Waals surface area (Å²) in [5.74, 6) is -1.67. The number of nitrogens with one attached hydrogen (secondary N) is 3. The lowest BCUT2D eigenvalue weighted by Crippen LogP contribution is -2.43. The van der Waals surface area contributed by atoms with Crippen LogP contribution in [0.4, 0.5) is 29.7 Å². The molecule has 7 rings (SSSR count). The molecule has 18 heteroatoms. The number of aliphatic carboxylic acids is 1. The predicted molar refractivity (Wildman–Crippen MR) is 196 cm³/mol. The first-order valence-corrected chi connectivity index (χ1v) is 17.6. The number of nitrogens with zero attached hydrogens (tertiary/aromatic N) is 6. The molecule has 2 amide bonds. The van der Waals surface area contributed by atoms with Crippen LogP contribution in [0.15, 0.2) is 91.4 Å². The van der Waals surface area contributed by atoms with E-state index in [1.807, 2.05) is 59.5 Å². The molecular weight excluding hydrogens is 721 g/mol. The molecule has 1 aliphatic heterocycles. The molecule has 5 atom stereocenters. The molecule has 3 aromatic heterocycles. The number of aliphatic hydroxyl groups is 2. The Hall–Kier alpha value is -5.85. The van der Waals surface area contributed by atoms with Crippen molar-refractivity contribution in [3.63, 3.8) is 0 Å². The first kappa shape index (κ1) is 38.9.